The number of thiophene rings is 1. The molecule has 1 amide bonds. The zero-order valence-corrected chi connectivity index (χ0v) is 13.2. The minimum atomic E-state index is -0.490. The first kappa shape index (κ1) is 15.5. The van der Waals surface area contributed by atoms with E-state index in [2.05, 4.69) is 0 Å². The van der Waals surface area contributed by atoms with Gasteiger partial charge in [-0.15, -0.1) is 11.3 Å². The second-order valence-corrected chi connectivity index (χ2v) is 6.06. The molecule has 0 aliphatic carbocycles. The minimum absolute atomic E-state index is 0.250. The third-order valence-corrected chi connectivity index (χ3v) is 4.13. The van der Waals surface area contributed by atoms with Gasteiger partial charge in [-0.1, -0.05) is 23.7 Å². The number of ether oxygens (including phenoxy) is 1. The lowest BCUT2D eigenvalue weighted by Crippen LogP contribution is -2.27. The molecule has 0 atom stereocenters. The van der Waals surface area contributed by atoms with Crippen molar-refractivity contribution in [2.45, 2.75) is 0 Å². The Morgan fingerprint density at radius 1 is 1.14 bits per heavy atom. The van der Waals surface area contributed by atoms with E-state index < -0.39 is 5.97 Å². The fourth-order valence-electron chi connectivity index (χ4n) is 1.54. The van der Waals surface area contributed by atoms with Gasteiger partial charge in [0.25, 0.3) is 5.91 Å². The number of hydrogen-bond donors (Lipinski definition) is 0. The molecule has 4 nitrogen and oxygen atoms in total. The number of amides is 1. The summed E-state index contributed by atoms with van der Waals surface area (Å²) in [4.78, 5) is 26.0. The van der Waals surface area contributed by atoms with Gasteiger partial charge in [-0.05, 0) is 29.8 Å². The smallest absolute Gasteiger partial charge is 0.348 e. The highest BCUT2D eigenvalue weighted by Crippen LogP contribution is 2.29. The van der Waals surface area contributed by atoms with Gasteiger partial charge < -0.3 is 9.64 Å². The van der Waals surface area contributed by atoms with E-state index in [1.54, 1.807) is 32.3 Å². The maximum absolute atomic E-state index is 11.9. The van der Waals surface area contributed by atoms with Crippen molar-refractivity contribution in [1.82, 2.24) is 4.90 Å². The van der Waals surface area contributed by atoms with Crippen LogP contribution in [-0.2, 0) is 9.53 Å². The van der Waals surface area contributed by atoms with Crippen molar-refractivity contribution in [3.8, 4) is 10.4 Å². The molecule has 0 N–H and O–H groups in total. The molecule has 0 saturated carbocycles. The van der Waals surface area contributed by atoms with E-state index in [1.165, 1.54) is 16.2 Å². The van der Waals surface area contributed by atoms with Crippen LogP contribution in [0.4, 0.5) is 0 Å². The molecular weight excluding hydrogens is 310 g/mol. The van der Waals surface area contributed by atoms with Gasteiger partial charge in [-0.25, -0.2) is 4.79 Å². The summed E-state index contributed by atoms with van der Waals surface area (Å²) in [5.74, 6) is -0.742. The molecule has 0 radical (unpaired) electrons. The number of carbonyl (C=O) groups excluding carboxylic acids is 2. The Morgan fingerprint density at radius 2 is 1.81 bits per heavy atom. The first-order chi connectivity index (χ1) is 9.97. The monoisotopic (exact) mass is 323 g/mol. The van der Waals surface area contributed by atoms with Gasteiger partial charge in [-0.3, -0.25) is 4.79 Å². The Balaban J connectivity index is 2.04. The van der Waals surface area contributed by atoms with Crippen molar-refractivity contribution in [3.63, 3.8) is 0 Å². The first-order valence-electron chi connectivity index (χ1n) is 6.20. The third kappa shape index (κ3) is 4.06. The Labute approximate surface area is 131 Å². The molecule has 0 spiro atoms. The zero-order valence-electron chi connectivity index (χ0n) is 11.6. The number of hydrogen-bond acceptors (Lipinski definition) is 4. The molecular formula is C15H14ClNO3S. The van der Waals surface area contributed by atoms with Gasteiger partial charge in [0.1, 0.15) is 4.88 Å². The van der Waals surface area contributed by atoms with E-state index in [0.717, 1.165) is 10.4 Å². The molecule has 0 fully saturated rings. The quantitative estimate of drug-likeness (QED) is 0.811. The third-order valence-electron chi connectivity index (χ3n) is 2.76. The maximum Gasteiger partial charge on any atom is 0.348 e. The van der Waals surface area contributed by atoms with E-state index in [9.17, 15) is 9.59 Å². The molecule has 21 heavy (non-hydrogen) atoms. The molecule has 0 saturated heterocycles. The largest absolute Gasteiger partial charge is 0.451 e. The van der Waals surface area contributed by atoms with Crippen molar-refractivity contribution in [2.24, 2.45) is 0 Å². The van der Waals surface area contributed by atoms with Gasteiger partial charge in [0.05, 0.1) is 0 Å². The summed E-state index contributed by atoms with van der Waals surface area (Å²) >= 11 is 7.16. The van der Waals surface area contributed by atoms with E-state index in [0.29, 0.717) is 9.90 Å². The summed E-state index contributed by atoms with van der Waals surface area (Å²) in [7, 11) is 3.22. The predicted octanol–water partition coefficient (Wildman–Crippen LogP) is 3.31. The number of carbonyl (C=O) groups is 2. The van der Waals surface area contributed by atoms with Crippen molar-refractivity contribution in [1.29, 1.82) is 0 Å². The second kappa shape index (κ2) is 6.74. The molecule has 1 aromatic carbocycles. The lowest BCUT2D eigenvalue weighted by Gasteiger charge is -2.09. The number of rotatable bonds is 4. The summed E-state index contributed by atoms with van der Waals surface area (Å²) in [6.45, 7) is -0.250. The standard InChI is InChI=1S/C15H14ClNO3S/c1-17(2)14(18)9-20-15(19)13-8-7-12(21-13)10-3-5-11(16)6-4-10/h3-8H,9H2,1-2H3. The summed E-state index contributed by atoms with van der Waals surface area (Å²) in [6, 6.07) is 10.9. The predicted molar refractivity (Wildman–Crippen MR) is 83.7 cm³/mol. The van der Waals surface area contributed by atoms with E-state index in [-0.39, 0.29) is 12.5 Å². The van der Waals surface area contributed by atoms with Crippen molar-refractivity contribution in [3.05, 3.63) is 46.3 Å². The Kier molecular flexibility index (Phi) is 4.98. The van der Waals surface area contributed by atoms with Crippen LogP contribution < -0.4 is 0 Å². The van der Waals surface area contributed by atoms with Crippen molar-refractivity contribution < 1.29 is 14.3 Å². The van der Waals surface area contributed by atoms with Gasteiger partial charge in [-0.2, -0.15) is 0 Å². The molecule has 0 aliphatic heterocycles. The van der Waals surface area contributed by atoms with E-state index in [4.69, 9.17) is 16.3 Å². The summed E-state index contributed by atoms with van der Waals surface area (Å²) in [5, 5.41) is 0.664. The topological polar surface area (TPSA) is 46.6 Å². The molecule has 6 heteroatoms. The highest BCUT2D eigenvalue weighted by atomic mass is 35.5. The summed E-state index contributed by atoms with van der Waals surface area (Å²) in [5.41, 5.74) is 0.979. The van der Waals surface area contributed by atoms with Gasteiger partial charge >= 0.3 is 5.97 Å². The number of nitrogens with zero attached hydrogens (tertiary/aromatic N) is 1. The van der Waals surface area contributed by atoms with Crippen LogP contribution in [-0.4, -0.2) is 37.5 Å². The summed E-state index contributed by atoms with van der Waals surface area (Å²) < 4.78 is 4.98. The Hall–Kier alpha value is -1.85. The van der Waals surface area contributed by atoms with Crippen LogP contribution in [0.25, 0.3) is 10.4 Å². The van der Waals surface area contributed by atoms with Crippen LogP contribution >= 0.6 is 22.9 Å². The fourth-order valence-corrected chi connectivity index (χ4v) is 2.58. The van der Waals surface area contributed by atoms with Gasteiger partial charge in [0, 0.05) is 24.0 Å². The molecule has 0 bridgehead atoms. The van der Waals surface area contributed by atoms with E-state index in [1.807, 2.05) is 18.2 Å². The molecule has 110 valence electrons. The number of esters is 1. The molecule has 0 aliphatic rings. The van der Waals surface area contributed by atoms with Crippen LogP contribution in [0.2, 0.25) is 5.02 Å². The van der Waals surface area contributed by atoms with Crippen LogP contribution in [0.5, 0.6) is 0 Å². The van der Waals surface area contributed by atoms with Crippen molar-refractivity contribution in [2.75, 3.05) is 20.7 Å². The average molecular weight is 324 g/mol. The van der Waals surface area contributed by atoms with Crippen molar-refractivity contribution >= 4 is 34.8 Å². The molecule has 0 unspecified atom stereocenters. The van der Waals surface area contributed by atoms with Crippen LogP contribution in [0.3, 0.4) is 0 Å². The highest BCUT2D eigenvalue weighted by Gasteiger charge is 2.14. The highest BCUT2D eigenvalue weighted by molar-refractivity contribution is 7.17. The fraction of sp³-hybridized carbons (Fsp3) is 0.200. The zero-order chi connectivity index (χ0) is 15.4. The van der Waals surface area contributed by atoms with Crippen LogP contribution in [0.1, 0.15) is 9.67 Å². The van der Waals surface area contributed by atoms with E-state index >= 15 is 0 Å². The molecule has 1 heterocycles. The van der Waals surface area contributed by atoms with Gasteiger partial charge in [0.2, 0.25) is 0 Å². The molecule has 1 aromatic heterocycles. The summed E-state index contributed by atoms with van der Waals surface area (Å²) in [6.07, 6.45) is 0. The minimum Gasteiger partial charge on any atom is -0.451 e. The van der Waals surface area contributed by atoms with Crippen LogP contribution in [0.15, 0.2) is 36.4 Å². The molecule has 2 rings (SSSR count). The second-order valence-electron chi connectivity index (χ2n) is 4.54. The van der Waals surface area contributed by atoms with Crippen LogP contribution in [0, 0.1) is 0 Å². The number of likely N-dealkylation sites (N-methyl/N-ethyl adjacent to an activating group) is 1. The lowest BCUT2D eigenvalue weighted by atomic mass is 10.2. The molecule has 2 aromatic rings. The SMILES string of the molecule is CN(C)C(=O)COC(=O)c1ccc(-c2ccc(Cl)cc2)s1. The lowest BCUT2D eigenvalue weighted by molar-refractivity contribution is -0.131. The Bertz CT molecular complexity index is 649. The average Bonchev–Trinajstić information content (AvgIpc) is 2.94. The number of halogens is 1. The normalized spacial score (nSPS) is 10.2. The van der Waals surface area contributed by atoms with Gasteiger partial charge in [0.15, 0.2) is 6.61 Å². The maximum atomic E-state index is 11.9. The first-order valence-corrected chi connectivity index (χ1v) is 7.40. The Morgan fingerprint density at radius 3 is 2.43 bits per heavy atom. The number of benzene rings is 1.